The van der Waals surface area contributed by atoms with E-state index in [-0.39, 0.29) is 0 Å². The van der Waals surface area contributed by atoms with Crippen LogP contribution in [0, 0.1) is 17.8 Å². The zero-order chi connectivity index (χ0) is 14.1. The molecule has 0 radical (unpaired) electrons. The first-order chi connectivity index (χ1) is 9.65. The molecule has 3 heteroatoms. The van der Waals surface area contributed by atoms with Crippen LogP contribution in [0.15, 0.2) is 18.2 Å². The van der Waals surface area contributed by atoms with E-state index in [0.717, 1.165) is 42.2 Å². The highest BCUT2D eigenvalue weighted by Crippen LogP contribution is 2.48. The summed E-state index contributed by atoms with van der Waals surface area (Å²) in [5.74, 6) is 4.01. The van der Waals surface area contributed by atoms with Crippen molar-refractivity contribution in [2.75, 3.05) is 20.7 Å². The van der Waals surface area contributed by atoms with Gasteiger partial charge in [0.05, 0.1) is 7.11 Å². The fourth-order valence-electron chi connectivity index (χ4n) is 4.17. The van der Waals surface area contributed by atoms with Gasteiger partial charge in [-0.3, -0.25) is 0 Å². The number of hydrogen-bond acceptors (Lipinski definition) is 3. The van der Waals surface area contributed by atoms with E-state index < -0.39 is 0 Å². The zero-order valence-corrected chi connectivity index (χ0v) is 12.5. The van der Waals surface area contributed by atoms with Gasteiger partial charge in [-0.1, -0.05) is 6.42 Å². The molecule has 3 atom stereocenters. The van der Waals surface area contributed by atoms with E-state index in [9.17, 15) is 5.11 Å². The largest absolute Gasteiger partial charge is 0.508 e. The number of methoxy groups -OCH3 is 1. The third-order valence-corrected chi connectivity index (χ3v) is 5.16. The highest BCUT2D eigenvalue weighted by atomic mass is 16.5. The SMILES string of the molecule is COc1ccc(O)c(CN(C)CC2CC3CCC2C3)c1. The van der Waals surface area contributed by atoms with Gasteiger partial charge in [0, 0.05) is 18.7 Å². The van der Waals surface area contributed by atoms with Crippen molar-refractivity contribution in [3.8, 4) is 11.5 Å². The van der Waals surface area contributed by atoms with E-state index in [2.05, 4.69) is 11.9 Å². The molecule has 1 N–H and O–H groups in total. The van der Waals surface area contributed by atoms with E-state index in [1.54, 1.807) is 19.2 Å². The molecule has 1 aromatic carbocycles. The van der Waals surface area contributed by atoms with E-state index in [1.807, 2.05) is 6.07 Å². The molecule has 2 aliphatic rings. The van der Waals surface area contributed by atoms with Crippen LogP contribution in [0.1, 0.15) is 31.2 Å². The average Bonchev–Trinajstić information content (AvgIpc) is 3.03. The predicted octanol–water partition coefficient (Wildman–Crippen LogP) is 3.27. The lowest BCUT2D eigenvalue weighted by Gasteiger charge is -2.27. The summed E-state index contributed by atoms with van der Waals surface area (Å²) >= 11 is 0. The third kappa shape index (κ3) is 2.78. The van der Waals surface area contributed by atoms with Crippen molar-refractivity contribution in [2.45, 2.75) is 32.2 Å². The number of benzene rings is 1. The molecule has 3 unspecified atom stereocenters. The molecule has 3 nitrogen and oxygen atoms in total. The van der Waals surface area contributed by atoms with Gasteiger partial charge in [0.2, 0.25) is 0 Å². The number of ether oxygens (including phenoxy) is 1. The summed E-state index contributed by atoms with van der Waals surface area (Å²) in [4.78, 5) is 2.35. The molecule has 2 saturated carbocycles. The number of phenols is 1. The molecule has 1 aromatic rings. The first-order valence-corrected chi connectivity index (χ1v) is 7.70. The minimum Gasteiger partial charge on any atom is -0.508 e. The van der Waals surface area contributed by atoms with Crippen LogP contribution < -0.4 is 4.74 Å². The Balaban J connectivity index is 1.60. The van der Waals surface area contributed by atoms with Crippen molar-refractivity contribution in [1.29, 1.82) is 0 Å². The van der Waals surface area contributed by atoms with E-state index >= 15 is 0 Å². The van der Waals surface area contributed by atoms with Gasteiger partial charge >= 0.3 is 0 Å². The molecule has 0 aliphatic heterocycles. The first kappa shape index (κ1) is 13.7. The van der Waals surface area contributed by atoms with Gasteiger partial charge in [-0.15, -0.1) is 0 Å². The number of rotatable bonds is 5. The second-order valence-electron chi connectivity index (χ2n) is 6.63. The van der Waals surface area contributed by atoms with Crippen LogP contribution in [-0.4, -0.2) is 30.7 Å². The number of fused-ring (bicyclic) bond motifs is 2. The fraction of sp³-hybridized carbons (Fsp3) is 0.647. The molecule has 2 aliphatic carbocycles. The second kappa shape index (κ2) is 5.65. The monoisotopic (exact) mass is 275 g/mol. The number of phenolic OH excluding ortho intramolecular Hbond substituents is 1. The Morgan fingerprint density at radius 3 is 2.80 bits per heavy atom. The van der Waals surface area contributed by atoms with Crippen molar-refractivity contribution < 1.29 is 9.84 Å². The van der Waals surface area contributed by atoms with Crippen molar-refractivity contribution >= 4 is 0 Å². The molecule has 0 aromatic heterocycles. The van der Waals surface area contributed by atoms with Gasteiger partial charge < -0.3 is 14.7 Å². The zero-order valence-electron chi connectivity index (χ0n) is 12.5. The van der Waals surface area contributed by atoms with Crippen molar-refractivity contribution in [3.63, 3.8) is 0 Å². The quantitative estimate of drug-likeness (QED) is 0.895. The third-order valence-electron chi connectivity index (χ3n) is 5.16. The van der Waals surface area contributed by atoms with Crippen LogP contribution in [0.3, 0.4) is 0 Å². The Kier molecular flexibility index (Phi) is 3.88. The summed E-state index contributed by atoms with van der Waals surface area (Å²) in [6.45, 7) is 1.94. The summed E-state index contributed by atoms with van der Waals surface area (Å²) in [6.07, 6.45) is 5.77. The number of hydrogen-bond donors (Lipinski definition) is 1. The summed E-state index contributed by atoms with van der Waals surface area (Å²) < 4.78 is 5.24. The van der Waals surface area contributed by atoms with Gasteiger partial charge in [-0.05, 0) is 62.3 Å². The minimum absolute atomic E-state index is 0.366. The summed E-state index contributed by atoms with van der Waals surface area (Å²) in [5.41, 5.74) is 0.954. The summed E-state index contributed by atoms with van der Waals surface area (Å²) in [5, 5.41) is 9.96. The minimum atomic E-state index is 0.366. The average molecular weight is 275 g/mol. The van der Waals surface area contributed by atoms with E-state index in [0.29, 0.717) is 5.75 Å². The van der Waals surface area contributed by atoms with E-state index in [1.165, 1.54) is 25.7 Å². The van der Waals surface area contributed by atoms with Crippen molar-refractivity contribution in [3.05, 3.63) is 23.8 Å². The van der Waals surface area contributed by atoms with Gasteiger partial charge in [0.25, 0.3) is 0 Å². The first-order valence-electron chi connectivity index (χ1n) is 7.70. The predicted molar refractivity (Wildman–Crippen MR) is 79.9 cm³/mol. The van der Waals surface area contributed by atoms with Crippen molar-refractivity contribution in [1.82, 2.24) is 4.90 Å². The maximum Gasteiger partial charge on any atom is 0.120 e. The molecule has 0 saturated heterocycles. The lowest BCUT2D eigenvalue weighted by atomic mass is 9.88. The van der Waals surface area contributed by atoms with Crippen LogP contribution >= 0.6 is 0 Å². The molecule has 2 bridgehead atoms. The highest BCUT2D eigenvalue weighted by Gasteiger charge is 2.39. The summed E-state index contributed by atoms with van der Waals surface area (Å²) in [7, 11) is 3.82. The Labute approximate surface area is 121 Å². The lowest BCUT2D eigenvalue weighted by molar-refractivity contribution is 0.213. The lowest BCUT2D eigenvalue weighted by Crippen LogP contribution is -2.28. The van der Waals surface area contributed by atoms with Crippen LogP contribution in [0.5, 0.6) is 11.5 Å². The molecular weight excluding hydrogens is 250 g/mol. The molecule has 2 fully saturated rings. The molecule has 3 rings (SSSR count). The van der Waals surface area contributed by atoms with Gasteiger partial charge in [-0.25, -0.2) is 0 Å². The second-order valence-corrected chi connectivity index (χ2v) is 6.63. The maximum atomic E-state index is 9.96. The Morgan fingerprint density at radius 2 is 2.15 bits per heavy atom. The molecule has 0 amide bonds. The standard InChI is InChI=1S/C17H25NO2/c1-18(10-14-8-12-3-4-13(14)7-12)11-15-9-16(20-2)5-6-17(15)19/h5-6,9,12-14,19H,3-4,7-8,10-11H2,1-2H3. The van der Waals surface area contributed by atoms with Crippen LogP contribution in [0.2, 0.25) is 0 Å². The topological polar surface area (TPSA) is 32.7 Å². The Morgan fingerprint density at radius 1 is 1.30 bits per heavy atom. The van der Waals surface area contributed by atoms with Gasteiger partial charge in [-0.2, -0.15) is 0 Å². The van der Waals surface area contributed by atoms with E-state index in [4.69, 9.17) is 4.74 Å². The molecule has 20 heavy (non-hydrogen) atoms. The smallest absolute Gasteiger partial charge is 0.120 e. The Hall–Kier alpha value is -1.22. The number of nitrogens with zero attached hydrogens (tertiary/aromatic N) is 1. The van der Waals surface area contributed by atoms with Gasteiger partial charge in [0.15, 0.2) is 0 Å². The molecule has 0 heterocycles. The van der Waals surface area contributed by atoms with Crippen molar-refractivity contribution in [2.24, 2.45) is 17.8 Å². The summed E-state index contributed by atoms with van der Waals surface area (Å²) in [6, 6.07) is 5.46. The number of aromatic hydroxyl groups is 1. The normalized spacial score (nSPS) is 28.2. The molecule has 0 spiro atoms. The Bertz CT molecular complexity index is 474. The molecular formula is C17H25NO2. The van der Waals surface area contributed by atoms with Crippen LogP contribution in [-0.2, 0) is 6.54 Å². The maximum absolute atomic E-state index is 9.96. The van der Waals surface area contributed by atoms with Gasteiger partial charge in [0.1, 0.15) is 11.5 Å². The van der Waals surface area contributed by atoms with Crippen LogP contribution in [0.4, 0.5) is 0 Å². The highest BCUT2D eigenvalue weighted by molar-refractivity contribution is 5.39. The fourth-order valence-corrected chi connectivity index (χ4v) is 4.17. The van der Waals surface area contributed by atoms with Crippen LogP contribution in [0.25, 0.3) is 0 Å². The molecule has 110 valence electrons.